The zero-order valence-electron chi connectivity index (χ0n) is 14.6. The molecule has 0 heterocycles. The van der Waals surface area contributed by atoms with E-state index in [1.54, 1.807) is 19.1 Å². The van der Waals surface area contributed by atoms with Crippen molar-refractivity contribution in [2.45, 2.75) is 16.7 Å². The molecule has 0 radical (unpaired) electrons. The molecule has 0 fully saturated rings. The molecule has 0 atom stereocenters. The van der Waals surface area contributed by atoms with Crippen LogP contribution >= 0.6 is 15.9 Å². The number of nitrogens with zero attached hydrogens (tertiary/aromatic N) is 1. The number of methoxy groups -OCH3 is 1. The van der Waals surface area contributed by atoms with E-state index in [0.717, 1.165) is 4.31 Å². The molecular formula is C16H19BrN2O5S2. The number of halogens is 1. The van der Waals surface area contributed by atoms with Crippen LogP contribution in [0, 0.1) is 6.92 Å². The largest absolute Gasteiger partial charge is 0.495 e. The van der Waals surface area contributed by atoms with E-state index in [1.807, 2.05) is 0 Å². The number of rotatable bonds is 6. The Bertz CT molecular complexity index is 1030. The first-order valence-electron chi connectivity index (χ1n) is 7.38. The second-order valence-corrected chi connectivity index (χ2v) is 10.4. The van der Waals surface area contributed by atoms with Crippen LogP contribution in [-0.2, 0) is 20.0 Å². The van der Waals surface area contributed by atoms with Crippen LogP contribution < -0.4 is 9.46 Å². The lowest BCUT2D eigenvalue weighted by Gasteiger charge is -2.16. The summed E-state index contributed by atoms with van der Waals surface area (Å²) in [5.74, 6) is 0.175. The van der Waals surface area contributed by atoms with Gasteiger partial charge in [-0.2, -0.15) is 0 Å². The highest BCUT2D eigenvalue weighted by molar-refractivity contribution is 9.10. The Morgan fingerprint density at radius 2 is 1.65 bits per heavy atom. The van der Waals surface area contributed by atoms with Crippen LogP contribution in [0.2, 0.25) is 0 Å². The van der Waals surface area contributed by atoms with Crippen LogP contribution in [0.1, 0.15) is 5.56 Å². The molecule has 0 amide bonds. The fraction of sp³-hybridized carbons (Fsp3) is 0.250. The number of nitrogens with one attached hydrogen (secondary N) is 1. The maximum absolute atomic E-state index is 12.7. The lowest BCUT2D eigenvalue weighted by molar-refractivity contribution is 0.403. The summed E-state index contributed by atoms with van der Waals surface area (Å²) in [5.41, 5.74) is 0.653. The number of benzene rings is 2. The summed E-state index contributed by atoms with van der Waals surface area (Å²) in [4.78, 5) is -0.0316. The Morgan fingerprint density at radius 1 is 1.00 bits per heavy atom. The summed E-state index contributed by atoms with van der Waals surface area (Å²) in [6.07, 6.45) is 0. The molecule has 0 aliphatic heterocycles. The van der Waals surface area contributed by atoms with Crippen LogP contribution in [0.4, 0.5) is 5.69 Å². The molecule has 2 rings (SSSR count). The van der Waals surface area contributed by atoms with Crippen molar-refractivity contribution in [3.63, 3.8) is 0 Å². The van der Waals surface area contributed by atoms with Crippen molar-refractivity contribution >= 4 is 41.7 Å². The minimum Gasteiger partial charge on any atom is -0.495 e. The molecule has 0 unspecified atom stereocenters. The van der Waals surface area contributed by atoms with Crippen LogP contribution in [-0.4, -0.2) is 42.3 Å². The number of aryl methyl sites for hydroxylation is 1. The molecular weight excluding hydrogens is 444 g/mol. The van der Waals surface area contributed by atoms with Gasteiger partial charge in [0.25, 0.3) is 10.0 Å². The lowest BCUT2D eigenvalue weighted by atomic mass is 10.2. The average molecular weight is 463 g/mol. The summed E-state index contributed by atoms with van der Waals surface area (Å²) >= 11 is 3.23. The topological polar surface area (TPSA) is 92.8 Å². The summed E-state index contributed by atoms with van der Waals surface area (Å²) in [5, 5.41) is 0. The third-order valence-corrected chi connectivity index (χ3v) is 7.47. The molecule has 142 valence electrons. The Hall–Kier alpha value is -1.62. The van der Waals surface area contributed by atoms with Crippen LogP contribution in [0.3, 0.4) is 0 Å². The molecule has 2 aromatic rings. The third kappa shape index (κ3) is 4.20. The molecule has 0 aliphatic rings. The maximum atomic E-state index is 12.7. The molecule has 7 nitrogen and oxygen atoms in total. The second-order valence-electron chi connectivity index (χ2n) is 5.67. The van der Waals surface area contributed by atoms with Gasteiger partial charge in [0.1, 0.15) is 10.6 Å². The molecule has 0 bridgehead atoms. The van der Waals surface area contributed by atoms with E-state index >= 15 is 0 Å². The summed E-state index contributed by atoms with van der Waals surface area (Å²) in [7, 11) is -3.49. The first kappa shape index (κ1) is 20.7. The zero-order chi connectivity index (χ0) is 19.7. The van der Waals surface area contributed by atoms with Crippen molar-refractivity contribution in [1.29, 1.82) is 0 Å². The van der Waals surface area contributed by atoms with Crippen LogP contribution in [0.15, 0.2) is 50.7 Å². The highest BCUT2D eigenvalue weighted by Crippen LogP contribution is 2.30. The van der Waals surface area contributed by atoms with Gasteiger partial charge in [0.15, 0.2) is 0 Å². The van der Waals surface area contributed by atoms with E-state index in [1.165, 1.54) is 45.5 Å². The summed E-state index contributed by atoms with van der Waals surface area (Å²) in [6, 6.07) is 8.94. The second kappa shape index (κ2) is 7.55. The van der Waals surface area contributed by atoms with Gasteiger partial charge in [0.05, 0.1) is 17.7 Å². The molecule has 0 saturated heterocycles. The predicted molar refractivity (Wildman–Crippen MR) is 104 cm³/mol. The fourth-order valence-electron chi connectivity index (χ4n) is 2.21. The van der Waals surface area contributed by atoms with Crippen molar-refractivity contribution in [2.75, 3.05) is 25.9 Å². The Morgan fingerprint density at radius 3 is 2.23 bits per heavy atom. The van der Waals surface area contributed by atoms with Gasteiger partial charge in [-0.1, -0.05) is 22.0 Å². The molecule has 1 N–H and O–H groups in total. The van der Waals surface area contributed by atoms with E-state index in [9.17, 15) is 16.8 Å². The molecule has 0 saturated carbocycles. The monoisotopic (exact) mass is 462 g/mol. The van der Waals surface area contributed by atoms with Gasteiger partial charge in [0, 0.05) is 18.6 Å². The molecule has 2 aromatic carbocycles. The molecule has 0 spiro atoms. The molecule has 10 heteroatoms. The van der Waals surface area contributed by atoms with Crippen molar-refractivity contribution in [3.8, 4) is 5.75 Å². The molecule has 26 heavy (non-hydrogen) atoms. The van der Waals surface area contributed by atoms with E-state index in [-0.39, 0.29) is 21.2 Å². The summed E-state index contributed by atoms with van der Waals surface area (Å²) < 4.78 is 59.5. The first-order chi connectivity index (χ1) is 12.0. The Labute approximate surface area is 162 Å². The third-order valence-electron chi connectivity index (χ3n) is 3.61. The number of hydrogen-bond donors (Lipinski definition) is 1. The van der Waals surface area contributed by atoms with Gasteiger partial charge >= 0.3 is 0 Å². The van der Waals surface area contributed by atoms with Crippen LogP contribution in [0.25, 0.3) is 0 Å². The number of sulfonamides is 2. The maximum Gasteiger partial charge on any atom is 0.265 e. The highest BCUT2D eigenvalue weighted by atomic mass is 79.9. The predicted octanol–water partition coefficient (Wildman–Crippen LogP) is 2.82. The number of ether oxygens (including phenoxy) is 1. The van der Waals surface area contributed by atoms with Crippen molar-refractivity contribution < 1.29 is 21.6 Å². The molecule has 0 aliphatic carbocycles. The van der Waals surface area contributed by atoms with Crippen molar-refractivity contribution in [2.24, 2.45) is 0 Å². The van der Waals surface area contributed by atoms with E-state index in [4.69, 9.17) is 4.74 Å². The lowest BCUT2D eigenvalue weighted by Crippen LogP contribution is -2.23. The molecule has 0 aromatic heterocycles. The van der Waals surface area contributed by atoms with Gasteiger partial charge in [-0.15, -0.1) is 0 Å². The Kier molecular flexibility index (Phi) is 6.01. The normalized spacial score (nSPS) is 12.2. The highest BCUT2D eigenvalue weighted by Gasteiger charge is 2.23. The standard InChI is InChI=1S/C16H19BrN2O5S2/c1-11-5-7-13(10-15(11)26(22,23)19(2)3)18-25(20,21)16-9-12(17)6-8-14(16)24-4/h5-10,18H,1-4H3. The summed E-state index contributed by atoms with van der Waals surface area (Å²) in [6.45, 7) is 1.64. The quantitative estimate of drug-likeness (QED) is 0.712. The number of hydrogen-bond acceptors (Lipinski definition) is 5. The van der Waals surface area contributed by atoms with Gasteiger partial charge in [-0.25, -0.2) is 21.1 Å². The fourth-order valence-corrected chi connectivity index (χ4v) is 5.11. The van der Waals surface area contributed by atoms with Crippen LogP contribution in [0.5, 0.6) is 5.75 Å². The van der Waals surface area contributed by atoms with E-state index < -0.39 is 20.0 Å². The zero-order valence-corrected chi connectivity index (χ0v) is 17.9. The minimum atomic E-state index is -3.99. The van der Waals surface area contributed by atoms with Crippen molar-refractivity contribution in [3.05, 3.63) is 46.4 Å². The Balaban J connectivity index is 2.51. The van der Waals surface area contributed by atoms with Gasteiger partial charge in [0.2, 0.25) is 10.0 Å². The van der Waals surface area contributed by atoms with Gasteiger partial charge in [-0.05, 0) is 42.8 Å². The smallest absolute Gasteiger partial charge is 0.265 e. The van der Waals surface area contributed by atoms with E-state index in [2.05, 4.69) is 20.7 Å². The van der Waals surface area contributed by atoms with Crippen molar-refractivity contribution in [1.82, 2.24) is 4.31 Å². The average Bonchev–Trinajstić information content (AvgIpc) is 2.56. The van der Waals surface area contributed by atoms with Gasteiger partial charge < -0.3 is 4.74 Å². The number of anilines is 1. The van der Waals surface area contributed by atoms with Gasteiger partial charge in [-0.3, -0.25) is 4.72 Å². The van der Waals surface area contributed by atoms with E-state index in [0.29, 0.717) is 10.0 Å². The first-order valence-corrected chi connectivity index (χ1v) is 11.1. The minimum absolute atomic E-state index is 0.0314. The SMILES string of the molecule is COc1ccc(Br)cc1S(=O)(=O)Nc1ccc(C)c(S(=O)(=O)N(C)C)c1.